The topological polar surface area (TPSA) is 111 Å². The van der Waals surface area contributed by atoms with Crippen LogP contribution in [0.4, 0.5) is 0 Å². The van der Waals surface area contributed by atoms with Gasteiger partial charge in [0.05, 0.1) is 12.1 Å². The minimum Gasteiger partial charge on any atom is -0.462 e. The van der Waals surface area contributed by atoms with Crippen LogP contribution in [0.15, 0.2) is 4.99 Å². The number of fused-ring (bicyclic) bond motifs is 1. The zero-order chi connectivity index (χ0) is 13.5. The molecule has 6 nitrogen and oxygen atoms in total. The van der Waals surface area contributed by atoms with Crippen LogP contribution in [0.2, 0.25) is 0 Å². The van der Waals surface area contributed by atoms with Crippen molar-refractivity contribution in [3.8, 4) is 0 Å². The van der Waals surface area contributed by atoms with E-state index >= 15 is 0 Å². The lowest BCUT2D eigenvalue weighted by molar-refractivity contribution is -0.149. The fourth-order valence-corrected chi connectivity index (χ4v) is 3.61. The Balaban J connectivity index is 2.25. The highest BCUT2D eigenvalue weighted by Gasteiger charge is 2.59. The van der Waals surface area contributed by atoms with Crippen molar-refractivity contribution in [1.82, 2.24) is 0 Å². The predicted molar refractivity (Wildman–Crippen MR) is 66.6 cm³/mol. The molecule has 18 heavy (non-hydrogen) atoms. The first-order valence-corrected chi connectivity index (χ1v) is 6.28. The lowest BCUT2D eigenvalue weighted by Crippen LogP contribution is -2.36. The third-order valence-electron chi connectivity index (χ3n) is 4.40. The van der Waals surface area contributed by atoms with E-state index in [9.17, 15) is 9.90 Å². The molecule has 0 saturated heterocycles. The number of hydrogen-bond acceptors (Lipinski definition) is 4. The van der Waals surface area contributed by atoms with Crippen LogP contribution in [0, 0.1) is 11.3 Å². The monoisotopic (exact) mass is 255 g/mol. The summed E-state index contributed by atoms with van der Waals surface area (Å²) in [6, 6.07) is -0.165. The molecular weight excluding hydrogens is 234 g/mol. The second-order valence-corrected chi connectivity index (χ2v) is 5.59. The van der Waals surface area contributed by atoms with Crippen LogP contribution in [0.5, 0.6) is 0 Å². The van der Waals surface area contributed by atoms with Gasteiger partial charge < -0.3 is 21.3 Å². The van der Waals surface area contributed by atoms with Crippen LogP contribution in [0.25, 0.3) is 0 Å². The first-order valence-electron chi connectivity index (χ1n) is 6.28. The molecule has 0 radical (unpaired) electrons. The Hall–Kier alpha value is -1.30. The molecule has 0 aromatic rings. The second kappa shape index (κ2) is 4.42. The van der Waals surface area contributed by atoms with Gasteiger partial charge in [0, 0.05) is 18.3 Å². The van der Waals surface area contributed by atoms with Gasteiger partial charge in [-0.25, -0.2) is 4.99 Å². The number of carbonyl (C=O) groups is 1. The molecule has 2 aliphatic carbocycles. The normalized spacial score (nSPS) is 42.4. The Bertz CT molecular complexity index is 381. The molecule has 0 heterocycles. The van der Waals surface area contributed by atoms with E-state index in [1.807, 2.05) is 6.92 Å². The molecule has 0 amide bonds. The summed E-state index contributed by atoms with van der Waals surface area (Å²) < 4.78 is 5.35. The molecule has 0 bridgehead atoms. The highest BCUT2D eigenvalue weighted by atomic mass is 16.5. The van der Waals surface area contributed by atoms with Crippen LogP contribution >= 0.6 is 0 Å². The first kappa shape index (κ1) is 13.1. The number of aliphatic hydroxyl groups excluding tert-OH is 1. The van der Waals surface area contributed by atoms with Gasteiger partial charge in [0.2, 0.25) is 0 Å². The molecule has 102 valence electrons. The van der Waals surface area contributed by atoms with E-state index in [1.165, 1.54) is 6.92 Å². The summed E-state index contributed by atoms with van der Waals surface area (Å²) in [6.07, 6.45) is 1.47. The average Bonchev–Trinajstić information content (AvgIpc) is 2.65. The molecule has 5 N–H and O–H groups in total. The summed E-state index contributed by atoms with van der Waals surface area (Å²) in [5, 5.41) is 10.2. The largest absolute Gasteiger partial charge is 0.462 e. The molecule has 2 rings (SSSR count). The highest BCUT2D eigenvalue weighted by molar-refractivity contribution is 5.76. The maximum Gasteiger partial charge on any atom is 0.302 e. The van der Waals surface area contributed by atoms with Crippen LogP contribution in [0.1, 0.15) is 33.1 Å². The summed E-state index contributed by atoms with van der Waals surface area (Å²) in [5.41, 5.74) is 10.6. The van der Waals surface area contributed by atoms with Gasteiger partial charge in [-0.15, -0.1) is 0 Å². The van der Waals surface area contributed by atoms with E-state index in [4.69, 9.17) is 16.2 Å². The molecule has 2 fully saturated rings. The van der Waals surface area contributed by atoms with E-state index < -0.39 is 6.10 Å². The predicted octanol–water partition coefficient (Wildman–Crippen LogP) is -0.259. The Morgan fingerprint density at radius 2 is 2.17 bits per heavy atom. The number of guanidine groups is 1. The van der Waals surface area contributed by atoms with E-state index in [2.05, 4.69) is 4.99 Å². The number of carbonyl (C=O) groups excluding carboxylic acids is 1. The lowest BCUT2D eigenvalue weighted by Gasteiger charge is -2.30. The lowest BCUT2D eigenvalue weighted by atomic mass is 9.79. The second-order valence-electron chi connectivity index (χ2n) is 5.59. The minimum atomic E-state index is -0.448. The van der Waals surface area contributed by atoms with Crippen molar-refractivity contribution in [3.63, 3.8) is 0 Å². The number of nitrogens with zero attached hydrogens (tertiary/aromatic N) is 1. The molecule has 0 spiro atoms. The minimum absolute atomic E-state index is 0.00139. The van der Waals surface area contributed by atoms with Crippen molar-refractivity contribution in [2.75, 3.05) is 0 Å². The molecule has 0 aliphatic heterocycles. The van der Waals surface area contributed by atoms with Crippen LogP contribution < -0.4 is 11.5 Å². The molecular formula is C12H21N3O3. The van der Waals surface area contributed by atoms with Crippen molar-refractivity contribution in [2.24, 2.45) is 27.8 Å². The summed E-state index contributed by atoms with van der Waals surface area (Å²) in [7, 11) is 0. The maximum atomic E-state index is 11.1. The molecule has 6 heteroatoms. The number of hydrogen-bond donors (Lipinski definition) is 3. The van der Waals surface area contributed by atoms with Crippen LogP contribution in [-0.2, 0) is 9.53 Å². The van der Waals surface area contributed by atoms with E-state index in [-0.39, 0.29) is 35.4 Å². The summed E-state index contributed by atoms with van der Waals surface area (Å²) in [4.78, 5) is 15.3. The standard InChI is InChI=1S/C12H21N3O3/c1-6(16)18-8-3-4-12(2)9(17)5-7(10(8)12)15-11(13)14/h7-10,17H,3-5H2,1-2H3,(H4,13,14,15). The average molecular weight is 255 g/mol. The first-order chi connectivity index (χ1) is 8.34. The Morgan fingerprint density at radius 3 is 2.72 bits per heavy atom. The fraction of sp³-hybridized carbons (Fsp3) is 0.833. The Morgan fingerprint density at radius 1 is 1.50 bits per heavy atom. The van der Waals surface area contributed by atoms with Gasteiger partial charge in [0.15, 0.2) is 5.96 Å². The zero-order valence-corrected chi connectivity index (χ0v) is 10.8. The van der Waals surface area contributed by atoms with Crippen molar-refractivity contribution in [2.45, 2.75) is 51.4 Å². The molecule has 2 aliphatic rings. The molecule has 0 aromatic carbocycles. The van der Waals surface area contributed by atoms with Crippen LogP contribution in [0.3, 0.4) is 0 Å². The van der Waals surface area contributed by atoms with Gasteiger partial charge in [0.1, 0.15) is 6.10 Å². The van der Waals surface area contributed by atoms with Crippen molar-refractivity contribution < 1.29 is 14.6 Å². The van der Waals surface area contributed by atoms with E-state index in [1.54, 1.807) is 0 Å². The third-order valence-corrected chi connectivity index (χ3v) is 4.40. The van der Waals surface area contributed by atoms with Crippen molar-refractivity contribution in [3.05, 3.63) is 0 Å². The van der Waals surface area contributed by atoms with Crippen molar-refractivity contribution in [1.29, 1.82) is 0 Å². The molecule has 5 atom stereocenters. The number of aliphatic imine (C=N–C) groups is 1. The van der Waals surface area contributed by atoms with E-state index in [0.717, 1.165) is 12.8 Å². The quantitative estimate of drug-likeness (QED) is 0.357. The SMILES string of the molecule is CC(=O)OC1CCC2(C)C(O)CC(N=C(N)N)C12. The number of ether oxygens (including phenoxy) is 1. The Kier molecular flexibility index (Phi) is 3.23. The van der Waals surface area contributed by atoms with Gasteiger partial charge in [-0.3, -0.25) is 4.79 Å². The van der Waals surface area contributed by atoms with Crippen molar-refractivity contribution >= 4 is 11.9 Å². The van der Waals surface area contributed by atoms with Gasteiger partial charge in [-0.05, 0) is 19.3 Å². The summed E-state index contributed by atoms with van der Waals surface area (Å²) in [6.45, 7) is 3.42. The third kappa shape index (κ3) is 2.05. The van der Waals surface area contributed by atoms with E-state index in [0.29, 0.717) is 6.42 Å². The van der Waals surface area contributed by atoms with Gasteiger partial charge >= 0.3 is 5.97 Å². The number of nitrogens with two attached hydrogens (primary N) is 2. The number of aliphatic hydroxyl groups is 1. The van der Waals surface area contributed by atoms with Gasteiger partial charge in [-0.1, -0.05) is 6.92 Å². The smallest absolute Gasteiger partial charge is 0.302 e. The molecule has 0 aromatic heterocycles. The summed E-state index contributed by atoms with van der Waals surface area (Å²) in [5.74, 6) is -0.280. The fourth-order valence-electron chi connectivity index (χ4n) is 3.61. The van der Waals surface area contributed by atoms with Crippen LogP contribution in [-0.4, -0.2) is 35.3 Å². The molecule has 2 saturated carbocycles. The number of esters is 1. The highest BCUT2D eigenvalue weighted by Crippen LogP contribution is 2.55. The number of rotatable bonds is 2. The van der Waals surface area contributed by atoms with Gasteiger partial charge in [-0.2, -0.15) is 0 Å². The maximum absolute atomic E-state index is 11.1. The zero-order valence-electron chi connectivity index (χ0n) is 10.8. The summed E-state index contributed by atoms with van der Waals surface area (Å²) >= 11 is 0. The Labute approximate surface area is 106 Å². The molecule has 5 unspecified atom stereocenters. The van der Waals surface area contributed by atoms with Gasteiger partial charge in [0.25, 0.3) is 0 Å².